The van der Waals surface area contributed by atoms with Gasteiger partial charge in [0.1, 0.15) is 6.29 Å². The number of aliphatic hydroxyl groups is 2. The number of fused-ring (bicyclic) bond motifs is 3. The van der Waals surface area contributed by atoms with E-state index in [4.69, 9.17) is 0 Å². The van der Waals surface area contributed by atoms with Crippen molar-refractivity contribution < 1.29 is 15.0 Å². The molecule has 1 spiro atoms. The van der Waals surface area contributed by atoms with E-state index in [9.17, 15) is 15.0 Å². The van der Waals surface area contributed by atoms with E-state index in [1.54, 1.807) is 0 Å². The second-order valence-corrected chi connectivity index (χ2v) is 9.91. The molecule has 7 atom stereocenters. The Morgan fingerprint density at radius 3 is 2.57 bits per heavy atom. The molecule has 4 fully saturated rings. The third-order valence-corrected chi connectivity index (χ3v) is 8.91. The molecule has 4 aliphatic rings. The summed E-state index contributed by atoms with van der Waals surface area (Å²) in [5.74, 6) is 1.39. The first-order valence-corrected chi connectivity index (χ1v) is 9.62. The van der Waals surface area contributed by atoms with Crippen molar-refractivity contribution in [1.82, 2.24) is 0 Å². The second-order valence-electron chi connectivity index (χ2n) is 9.91. The SMILES string of the molecule is CC1(C=O)CCCC2(C)C1CCC13CC(CCC12)C(O)(CO)C3. The van der Waals surface area contributed by atoms with Gasteiger partial charge in [-0.05, 0) is 80.0 Å². The molecule has 2 bridgehead atoms. The van der Waals surface area contributed by atoms with Gasteiger partial charge >= 0.3 is 0 Å². The average molecular weight is 320 g/mol. The van der Waals surface area contributed by atoms with Crippen LogP contribution in [-0.2, 0) is 4.79 Å². The molecule has 0 amide bonds. The highest BCUT2D eigenvalue weighted by atomic mass is 16.3. The predicted octanol–water partition coefficient (Wildman–Crippen LogP) is 3.32. The van der Waals surface area contributed by atoms with E-state index in [1.807, 2.05) is 0 Å². The molecule has 2 N–H and O–H groups in total. The molecule has 0 aromatic rings. The van der Waals surface area contributed by atoms with Gasteiger partial charge in [0.25, 0.3) is 0 Å². The average Bonchev–Trinajstić information content (AvgIpc) is 2.74. The molecule has 130 valence electrons. The molecule has 23 heavy (non-hydrogen) atoms. The van der Waals surface area contributed by atoms with Gasteiger partial charge in [-0.25, -0.2) is 0 Å². The van der Waals surface area contributed by atoms with Crippen molar-refractivity contribution in [1.29, 1.82) is 0 Å². The van der Waals surface area contributed by atoms with Crippen LogP contribution in [0.1, 0.15) is 71.6 Å². The fourth-order valence-corrected chi connectivity index (χ4v) is 8.00. The van der Waals surface area contributed by atoms with Crippen LogP contribution in [0.25, 0.3) is 0 Å². The summed E-state index contributed by atoms with van der Waals surface area (Å²) in [5, 5.41) is 20.7. The first kappa shape index (κ1) is 16.1. The lowest BCUT2D eigenvalue weighted by Crippen LogP contribution is -2.56. The number of rotatable bonds is 2. The number of carbonyl (C=O) groups excluding carboxylic acids is 1. The van der Waals surface area contributed by atoms with E-state index in [-0.39, 0.29) is 28.8 Å². The van der Waals surface area contributed by atoms with Gasteiger partial charge in [-0.2, -0.15) is 0 Å². The Balaban J connectivity index is 1.72. The number of hydrogen-bond donors (Lipinski definition) is 2. The van der Waals surface area contributed by atoms with Crippen LogP contribution in [0.3, 0.4) is 0 Å². The summed E-state index contributed by atoms with van der Waals surface area (Å²) >= 11 is 0. The van der Waals surface area contributed by atoms with Gasteiger partial charge in [0.05, 0.1) is 12.2 Å². The quantitative estimate of drug-likeness (QED) is 0.767. The van der Waals surface area contributed by atoms with Crippen LogP contribution in [0.2, 0.25) is 0 Å². The third kappa shape index (κ3) is 1.93. The number of aldehydes is 1. The van der Waals surface area contributed by atoms with E-state index in [1.165, 1.54) is 19.1 Å². The van der Waals surface area contributed by atoms with Gasteiger partial charge < -0.3 is 15.0 Å². The van der Waals surface area contributed by atoms with Gasteiger partial charge in [-0.15, -0.1) is 0 Å². The van der Waals surface area contributed by atoms with Gasteiger partial charge in [-0.3, -0.25) is 0 Å². The van der Waals surface area contributed by atoms with Crippen LogP contribution in [0.15, 0.2) is 0 Å². The molecule has 4 rings (SSSR count). The van der Waals surface area contributed by atoms with Crippen molar-refractivity contribution in [3.8, 4) is 0 Å². The fraction of sp³-hybridized carbons (Fsp3) is 0.950. The van der Waals surface area contributed by atoms with E-state index in [0.717, 1.165) is 44.9 Å². The zero-order valence-electron chi connectivity index (χ0n) is 14.7. The zero-order chi connectivity index (χ0) is 16.5. The Morgan fingerprint density at radius 2 is 1.87 bits per heavy atom. The minimum absolute atomic E-state index is 0.0850. The minimum Gasteiger partial charge on any atom is -0.393 e. The maximum absolute atomic E-state index is 11.9. The topological polar surface area (TPSA) is 57.5 Å². The van der Waals surface area contributed by atoms with E-state index in [2.05, 4.69) is 13.8 Å². The van der Waals surface area contributed by atoms with Crippen molar-refractivity contribution in [2.24, 2.45) is 34.0 Å². The number of hydrogen-bond acceptors (Lipinski definition) is 3. The summed E-state index contributed by atoms with van der Waals surface area (Å²) in [7, 11) is 0. The van der Waals surface area contributed by atoms with Gasteiger partial charge in [0.2, 0.25) is 0 Å². The molecule has 7 unspecified atom stereocenters. The first-order chi connectivity index (χ1) is 10.8. The molecule has 4 aliphatic carbocycles. The summed E-state index contributed by atoms with van der Waals surface area (Å²) in [4.78, 5) is 11.9. The lowest BCUT2D eigenvalue weighted by molar-refractivity contribution is -0.157. The van der Waals surface area contributed by atoms with Crippen LogP contribution in [0.5, 0.6) is 0 Å². The molecular formula is C20H32O3. The number of aliphatic hydroxyl groups excluding tert-OH is 1. The van der Waals surface area contributed by atoms with Gasteiger partial charge in [-0.1, -0.05) is 20.3 Å². The second kappa shape index (κ2) is 4.82. The largest absolute Gasteiger partial charge is 0.393 e. The lowest BCUT2D eigenvalue weighted by Gasteiger charge is -2.63. The highest BCUT2D eigenvalue weighted by Crippen LogP contribution is 2.72. The molecule has 0 saturated heterocycles. The summed E-state index contributed by atoms with van der Waals surface area (Å²) in [6, 6.07) is 0. The molecule has 3 heteroatoms. The van der Waals surface area contributed by atoms with Crippen molar-refractivity contribution >= 4 is 6.29 Å². The van der Waals surface area contributed by atoms with Crippen molar-refractivity contribution in [2.45, 2.75) is 77.2 Å². The lowest BCUT2D eigenvalue weighted by atomic mass is 9.41. The summed E-state index contributed by atoms with van der Waals surface area (Å²) < 4.78 is 0. The summed E-state index contributed by atoms with van der Waals surface area (Å²) in [6.45, 7) is 4.55. The maximum Gasteiger partial charge on any atom is 0.126 e. The highest BCUT2D eigenvalue weighted by molar-refractivity contribution is 5.60. The van der Waals surface area contributed by atoms with Crippen LogP contribution in [0, 0.1) is 34.0 Å². The normalized spacial score (nSPS) is 58.3. The zero-order valence-corrected chi connectivity index (χ0v) is 14.7. The molecule has 4 saturated carbocycles. The molecular weight excluding hydrogens is 288 g/mol. The van der Waals surface area contributed by atoms with Gasteiger partial charge in [0.15, 0.2) is 0 Å². The van der Waals surface area contributed by atoms with Crippen LogP contribution < -0.4 is 0 Å². The van der Waals surface area contributed by atoms with Crippen molar-refractivity contribution in [2.75, 3.05) is 6.61 Å². The Kier molecular flexibility index (Phi) is 3.37. The van der Waals surface area contributed by atoms with Crippen molar-refractivity contribution in [3.05, 3.63) is 0 Å². The van der Waals surface area contributed by atoms with Crippen LogP contribution >= 0.6 is 0 Å². The minimum atomic E-state index is -0.847. The molecule has 0 aromatic heterocycles. The van der Waals surface area contributed by atoms with E-state index >= 15 is 0 Å². The van der Waals surface area contributed by atoms with Crippen LogP contribution in [-0.4, -0.2) is 28.7 Å². The summed E-state index contributed by atoms with van der Waals surface area (Å²) in [5.41, 5.74) is -0.553. The van der Waals surface area contributed by atoms with E-state index < -0.39 is 5.60 Å². The maximum atomic E-state index is 11.9. The Labute approximate surface area is 139 Å². The summed E-state index contributed by atoms with van der Waals surface area (Å²) in [6.07, 6.45) is 11.0. The fourth-order valence-electron chi connectivity index (χ4n) is 8.00. The predicted molar refractivity (Wildman–Crippen MR) is 88.8 cm³/mol. The smallest absolute Gasteiger partial charge is 0.126 e. The molecule has 3 nitrogen and oxygen atoms in total. The highest BCUT2D eigenvalue weighted by Gasteiger charge is 2.67. The Morgan fingerprint density at radius 1 is 1.09 bits per heavy atom. The Hall–Kier alpha value is -0.410. The van der Waals surface area contributed by atoms with Crippen molar-refractivity contribution in [3.63, 3.8) is 0 Å². The molecule has 0 heterocycles. The molecule has 0 radical (unpaired) electrons. The monoisotopic (exact) mass is 320 g/mol. The number of carbonyl (C=O) groups is 1. The molecule has 0 aliphatic heterocycles. The van der Waals surface area contributed by atoms with E-state index in [0.29, 0.717) is 11.8 Å². The van der Waals surface area contributed by atoms with Gasteiger partial charge in [0, 0.05) is 5.41 Å². The Bertz CT molecular complexity index is 519. The standard InChI is InChI=1S/C20H32O3/c1-17(12-21)7-3-8-18(2)15(17)6-9-19-10-14(4-5-16(18)19)20(23,11-19)13-22/h12,14-16,22-23H,3-11,13H2,1-2H3. The molecule has 0 aromatic carbocycles. The first-order valence-electron chi connectivity index (χ1n) is 9.62. The van der Waals surface area contributed by atoms with Crippen LogP contribution in [0.4, 0.5) is 0 Å². The third-order valence-electron chi connectivity index (χ3n) is 8.91.